The van der Waals surface area contributed by atoms with Crippen LogP contribution < -0.4 is 20.1 Å². The van der Waals surface area contributed by atoms with E-state index >= 15 is 13.2 Å². The smallest absolute Gasteiger partial charge is 0.319 e. The molecular weight excluding hydrogens is 667 g/mol. The maximum absolute atomic E-state index is 17.0. The Bertz CT molecular complexity index is 2010. The number of nitrogens with two attached hydrogens (primary N) is 1. The van der Waals surface area contributed by atoms with Gasteiger partial charge in [-0.25, -0.2) is 22.0 Å². The van der Waals surface area contributed by atoms with Gasteiger partial charge in [-0.3, -0.25) is 4.90 Å². The van der Waals surface area contributed by atoms with Crippen LogP contribution in [0.15, 0.2) is 12.1 Å². The largest absolute Gasteiger partial charge is 0.489 e. The summed E-state index contributed by atoms with van der Waals surface area (Å²) in [6.07, 6.45) is 0.762. The molecule has 6 heterocycles. The molecule has 3 fully saturated rings. The van der Waals surface area contributed by atoms with Gasteiger partial charge in [0.15, 0.2) is 11.6 Å². The first kappa shape index (κ1) is 30.6. The second-order valence-electron chi connectivity index (χ2n) is 12.3. The lowest BCUT2D eigenvalue weighted by molar-refractivity contribution is -0.0184. The van der Waals surface area contributed by atoms with Crippen LogP contribution in [0.3, 0.4) is 0 Å². The van der Waals surface area contributed by atoms with Crippen molar-refractivity contribution in [2.75, 3.05) is 56.7 Å². The van der Waals surface area contributed by atoms with Crippen LogP contribution in [0.1, 0.15) is 24.8 Å². The first-order valence-electron chi connectivity index (χ1n) is 15.0. The van der Waals surface area contributed by atoms with Crippen LogP contribution in [0.4, 0.5) is 32.8 Å². The molecule has 1 unspecified atom stereocenters. The van der Waals surface area contributed by atoms with Gasteiger partial charge in [0.05, 0.1) is 39.4 Å². The molecule has 0 bridgehead atoms. The predicted octanol–water partition coefficient (Wildman–Crippen LogP) is 6.09. The summed E-state index contributed by atoms with van der Waals surface area (Å²) in [5.74, 6) is -5.07. The number of rotatable bonds is 5. The molecule has 246 valence electrons. The number of nitriles is 1. The second kappa shape index (κ2) is 10.9. The number of ether oxygens (including phenoxy) is 3. The highest BCUT2D eigenvalue weighted by Gasteiger charge is 2.51. The highest BCUT2D eigenvalue weighted by Crippen LogP contribution is 2.51. The van der Waals surface area contributed by atoms with Gasteiger partial charge in [0, 0.05) is 23.9 Å². The molecule has 0 amide bonds. The Morgan fingerprint density at radius 3 is 2.81 bits per heavy atom. The van der Waals surface area contributed by atoms with Gasteiger partial charge in [-0.2, -0.15) is 15.2 Å². The number of nitrogen functional groups attached to an aromatic ring is 1. The molecule has 3 atom stereocenters. The van der Waals surface area contributed by atoms with Gasteiger partial charge in [0.2, 0.25) is 0 Å². The minimum atomic E-state index is -3.26. The molecule has 0 aliphatic carbocycles. The molecule has 16 heteroatoms. The van der Waals surface area contributed by atoms with E-state index in [1.165, 1.54) is 11.0 Å². The molecule has 4 aliphatic rings. The summed E-state index contributed by atoms with van der Waals surface area (Å²) >= 11 is 7.73. The van der Waals surface area contributed by atoms with Crippen molar-refractivity contribution in [1.82, 2.24) is 14.9 Å². The van der Waals surface area contributed by atoms with E-state index < -0.39 is 41.9 Å². The summed E-state index contributed by atoms with van der Waals surface area (Å²) in [7, 11) is 0. The maximum atomic E-state index is 17.0. The van der Waals surface area contributed by atoms with E-state index in [1.54, 1.807) is 0 Å². The summed E-state index contributed by atoms with van der Waals surface area (Å²) in [6, 6.07) is 2.61. The molecule has 0 radical (unpaired) electrons. The number of halogens is 6. The van der Waals surface area contributed by atoms with Crippen molar-refractivity contribution >= 4 is 54.7 Å². The molecular formula is C31H26ClF5N6O3S. The zero-order chi connectivity index (χ0) is 32.8. The highest BCUT2D eigenvalue weighted by molar-refractivity contribution is 7.23. The van der Waals surface area contributed by atoms with E-state index in [0.29, 0.717) is 13.0 Å². The van der Waals surface area contributed by atoms with Gasteiger partial charge in [-0.15, -0.1) is 11.3 Å². The normalized spacial score (nSPS) is 25.3. The number of nitrogens with zero attached hydrogens (tertiary/aromatic N) is 5. The number of hydrogen-bond donors (Lipinski definition) is 1. The minimum absolute atomic E-state index is 0.00475. The molecule has 0 saturated carbocycles. The topological polar surface area (TPSA) is 110 Å². The van der Waals surface area contributed by atoms with E-state index in [4.69, 9.17) is 31.5 Å². The van der Waals surface area contributed by atoms with E-state index in [1.807, 2.05) is 11.0 Å². The number of benzene rings is 2. The molecule has 4 aliphatic heterocycles. The summed E-state index contributed by atoms with van der Waals surface area (Å²) < 4.78 is 94.0. The average molecular weight is 693 g/mol. The zero-order valence-electron chi connectivity index (χ0n) is 24.6. The molecule has 2 N–H and O–H groups in total. The minimum Gasteiger partial charge on any atom is -0.489 e. The van der Waals surface area contributed by atoms with Crippen molar-refractivity contribution in [2.24, 2.45) is 0 Å². The molecule has 2 aromatic heterocycles. The van der Waals surface area contributed by atoms with E-state index in [9.17, 15) is 14.0 Å². The first-order valence-corrected chi connectivity index (χ1v) is 16.2. The third-order valence-corrected chi connectivity index (χ3v) is 11.0. The summed E-state index contributed by atoms with van der Waals surface area (Å²) in [5, 5.41) is 9.67. The Morgan fingerprint density at radius 1 is 1.21 bits per heavy atom. The number of fused-ring (bicyclic) bond motifs is 2. The zero-order valence-corrected chi connectivity index (χ0v) is 26.2. The van der Waals surface area contributed by atoms with E-state index in [2.05, 4.69) is 9.97 Å². The van der Waals surface area contributed by atoms with Crippen LogP contribution in [0.2, 0.25) is 5.02 Å². The Hall–Kier alpha value is -3.71. The summed E-state index contributed by atoms with van der Waals surface area (Å²) in [4.78, 5) is 12.3. The van der Waals surface area contributed by atoms with Crippen LogP contribution in [0.25, 0.3) is 32.1 Å². The quantitative estimate of drug-likeness (QED) is 0.249. The number of aromatic nitrogens is 2. The monoisotopic (exact) mass is 692 g/mol. The van der Waals surface area contributed by atoms with E-state index in [-0.39, 0.29) is 105 Å². The highest BCUT2D eigenvalue weighted by atomic mass is 35.5. The Labute approximate surface area is 273 Å². The lowest BCUT2D eigenvalue weighted by Gasteiger charge is -2.32. The first-order chi connectivity index (χ1) is 22.5. The fraction of sp³-hybridized carbons (Fsp3) is 0.452. The van der Waals surface area contributed by atoms with Crippen molar-refractivity contribution in [3.8, 4) is 29.0 Å². The van der Waals surface area contributed by atoms with Crippen LogP contribution in [-0.4, -0.2) is 84.6 Å². The molecule has 4 aromatic rings. The molecule has 0 spiro atoms. The summed E-state index contributed by atoms with van der Waals surface area (Å²) in [5.41, 5.74) is 4.87. The average Bonchev–Trinajstić information content (AvgIpc) is 3.73. The van der Waals surface area contributed by atoms with Crippen LogP contribution in [0.5, 0.6) is 11.8 Å². The van der Waals surface area contributed by atoms with Crippen LogP contribution in [0, 0.1) is 23.0 Å². The van der Waals surface area contributed by atoms with Gasteiger partial charge in [-0.05, 0) is 31.0 Å². The Kier molecular flexibility index (Phi) is 7.11. The standard InChI is InChI=1S/C31H26ClF5N6O3S/c32-22-20(15-2-3-17(34)26-19(15)16(9-38)27(39)47-26)23(35)24-21-25(22)45-7-6-43(18-11-44-13-31(18,36)37)28(21)41-29(40-24)46-12-30-4-1-5-42(30)10-14(33)8-30/h2-3,14,18H,1,4-8,10-13,39H2/t14-,18?,30+/m1/s1. The molecule has 9 nitrogen and oxygen atoms in total. The molecule has 8 rings (SSSR count). The van der Waals surface area contributed by atoms with E-state index in [0.717, 1.165) is 23.8 Å². The SMILES string of the molecule is N#Cc1c(N)sc2c(F)ccc(-c3c(Cl)c4c5c(nc(OC[C@@]67CCCN6C[C@H](F)C7)nc5c3F)N(C3COCC3(F)F)CCO4)c12. The fourth-order valence-electron chi connectivity index (χ4n) is 7.53. The number of thiophene rings is 1. The van der Waals surface area contributed by atoms with Gasteiger partial charge in [-0.1, -0.05) is 17.7 Å². The fourth-order valence-corrected chi connectivity index (χ4v) is 8.82. The summed E-state index contributed by atoms with van der Waals surface area (Å²) in [6.45, 7) is -0.357. The molecule has 3 saturated heterocycles. The maximum Gasteiger partial charge on any atom is 0.319 e. The Balaban J connectivity index is 1.35. The molecule has 47 heavy (non-hydrogen) atoms. The van der Waals surface area contributed by atoms with Crippen molar-refractivity contribution in [3.63, 3.8) is 0 Å². The lowest BCUT2D eigenvalue weighted by Crippen LogP contribution is -2.49. The van der Waals surface area contributed by atoms with Gasteiger partial charge in [0.1, 0.15) is 60.3 Å². The second-order valence-corrected chi connectivity index (χ2v) is 13.8. The van der Waals surface area contributed by atoms with Crippen molar-refractivity contribution in [1.29, 1.82) is 5.26 Å². The van der Waals surface area contributed by atoms with Crippen molar-refractivity contribution in [3.05, 3.63) is 34.4 Å². The number of anilines is 2. The van der Waals surface area contributed by atoms with Crippen LogP contribution in [-0.2, 0) is 4.74 Å². The third kappa shape index (κ3) is 4.59. The van der Waals surface area contributed by atoms with Gasteiger partial charge in [0.25, 0.3) is 5.92 Å². The van der Waals surface area contributed by atoms with Gasteiger partial charge < -0.3 is 24.8 Å². The Morgan fingerprint density at radius 2 is 2.04 bits per heavy atom. The lowest BCUT2D eigenvalue weighted by atomic mass is 9.95. The third-order valence-electron chi connectivity index (χ3n) is 9.66. The number of alkyl halides is 3. The van der Waals surface area contributed by atoms with Crippen molar-refractivity contribution < 1.29 is 36.2 Å². The number of hydrogen-bond acceptors (Lipinski definition) is 10. The predicted molar refractivity (Wildman–Crippen MR) is 165 cm³/mol. The molecule has 2 aromatic carbocycles. The van der Waals surface area contributed by atoms with Gasteiger partial charge >= 0.3 is 6.01 Å². The van der Waals surface area contributed by atoms with Crippen molar-refractivity contribution in [2.45, 2.75) is 42.9 Å². The van der Waals surface area contributed by atoms with Crippen LogP contribution >= 0.6 is 22.9 Å².